The average molecular weight is 240 g/mol. The number of fused-ring (bicyclic) bond motifs is 1. The third kappa shape index (κ3) is 2.08. The molecule has 0 aliphatic heterocycles. The molecule has 15 heavy (non-hydrogen) atoms. The van der Waals surface area contributed by atoms with Crippen LogP contribution in [0.3, 0.4) is 0 Å². The molecule has 0 saturated carbocycles. The fraction of sp³-hybridized carbons (Fsp3) is 0.400. The largest absolute Gasteiger partial charge is 0.296 e. The van der Waals surface area contributed by atoms with E-state index in [0.29, 0.717) is 5.69 Å². The molecule has 0 saturated heterocycles. The predicted octanol–water partition coefficient (Wildman–Crippen LogP) is 3.10. The number of carbonyl (C=O) groups excluding carboxylic acids is 1. The summed E-state index contributed by atoms with van der Waals surface area (Å²) >= 11 is 3.23. The topological polar surface area (TPSA) is 34.4 Å². The van der Waals surface area contributed by atoms with Gasteiger partial charge in [-0.3, -0.25) is 9.20 Å². The molecule has 0 spiro atoms. The molecule has 2 rings (SSSR count). The molecule has 2 aromatic heterocycles. The number of nitrogens with zero attached hydrogens (tertiary/aromatic N) is 2. The number of imidazole rings is 1. The van der Waals surface area contributed by atoms with Crippen molar-refractivity contribution in [1.29, 1.82) is 0 Å². The van der Waals surface area contributed by atoms with Gasteiger partial charge in [-0.25, -0.2) is 4.98 Å². The van der Waals surface area contributed by atoms with Crippen molar-refractivity contribution in [3.63, 3.8) is 0 Å². The first-order valence-electron chi connectivity index (χ1n) is 4.90. The van der Waals surface area contributed by atoms with E-state index in [0.717, 1.165) is 28.4 Å². The van der Waals surface area contributed by atoms with Crippen LogP contribution >= 0.6 is 23.1 Å². The van der Waals surface area contributed by atoms with Crippen molar-refractivity contribution in [3.05, 3.63) is 17.3 Å². The summed E-state index contributed by atoms with van der Waals surface area (Å²) in [5.74, 6) is 1.03. The fourth-order valence-electron chi connectivity index (χ4n) is 1.31. The van der Waals surface area contributed by atoms with E-state index in [2.05, 4.69) is 11.9 Å². The molecule has 0 bridgehead atoms. The van der Waals surface area contributed by atoms with Crippen molar-refractivity contribution in [2.75, 3.05) is 5.75 Å². The standard InChI is InChI=1S/C10H12N2OS2/c1-2-3-5-14-9-8(7-13)12-4-6-15-10(12)11-9/h4,6-7H,2-3,5H2,1H3. The van der Waals surface area contributed by atoms with Crippen LogP contribution in [0.25, 0.3) is 4.96 Å². The molecule has 0 radical (unpaired) electrons. The summed E-state index contributed by atoms with van der Waals surface area (Å²) in [6, 6.07) is 0. The normalized spacial score (nSPS) is 11.0. The van der Waals surface area contributed by atoms with Crippen LogP contribution in [-0.2, 0) is 0 Å². The van der Waals surface area contributed by atoms with Crippen molar-refractivity contribution in [1.82, 2.24) is 9.38 Å². The van der Waals surface area contributed by atoms with Gasteiger partial charge in [0.15, 0.2) is 11.2 Å². The number of thiazole rings is 1. The van der Waals surface area contributed by atoms with Crippen molar-refractivity contribution in [2.24, 2.45) is 0 Å². The summed E-state index contributed by atoms with van der Waals surface area (Å²) in [6.07, 6.45) is 5.11. The first-order valence-corrected chi connectivity index (χ1v) is 6.77. The van der Waals surface area contributed by atoms with E-state index >= 15 is 0 Å². The number of unbranched alkanes of at least 4 members (excludes halogenated alkanes) is 1. The van der Waals surface area contributed by atoms with E-state index < -0.39 is 0 Å². The highest BCUT2D eigenvalue weighted by molar-refractivity contribution is 7.99. The lowest BCUT2D eigenvalue weighted by atomic mass is 10.4. The Morgan fingerprint density at radius 2 is 2.53 bits per heavy atom. The highest BCUT2D eigenvalue weighted by Gasteiger charge is 2.11. The second-order valence-corrected chi connectivity index (χ2v) is 5.13. The lowest BCUT2D eigenvalue weighted by molar-refractivity contribution is 0.111. The van der Waals surface area contributed by atoms with Gasteiger partial charge in [0.1, 0.15) is 10.7 Å². The van der Waals surface area contributed by atoms with Gasteiger partial charge < -0.3 is 0 Å². The molecule has 3 nitrogen and oxygen atoms in total. The highest BCUT2D eigenvalue weighted by Crippen LogP contribution is 2.25. The van der Waals surface area contributed by atoms with E-state index in [9.17, 15) is 4.79 Å². The molecule has 5 heteroatoms. The number of hydrogen-bond donors (Lipinski definition) is 0. The van der Waals surface area contributed by atoms with Gasteiger partial charge in [-0.15, -0.1) is 23.1 Å². The number of aldehydes is 1. The predicted molar refractivity (Wildman–Crippen MR) is 64.1 cm³/mol. The van der Waals surface area contributed by atoms with Crippen LogP contribution < -0.4 is 0 Å². The SMILES string of the molecule is CCCCSc1nc2sccn2c1C=O. The molecular weight excluding hydrogens is 228 g/mol. The summed E-state index contributed by atoms with van der Waals surface area (Å²) < 4.78 is 1.85. The van der Waals surface area contributed by atoms with Crippen LogP contribution in [0.15, 0.2) is 16.6 Å². The van der Waals surface area contributed by atoms with Crippen LogP contribution in [0.5, 0.6) is 0 Å². The highest BCUT2D eigenvalue weighted by atomic mass is 32.2. The molecule has 0 amide bonds. The van der Waals surface area contributed by atoms with Gasteiger partial charge >= 0.3 is 0 Å². The Bertz CT molecular complexity index is 461. The Morgan fingerprint density at radius 1 is 1.67 bits per heavy atom. The van der Waals surface area contributed by atoms with Crippen LogP contribution in [0.1, 0.15) is 30.3 Å². The van der Waals surface area contributed by atoms with Gasteiger partial charge in [0.25, 0.3) is 0 Å². The molecule has 2 heterocycles. The second kappa shape index (κ2) is 4.81. The molecule has 0 aliphatic rings. The van der Waals surface area contributed by atoms with Crippen molar-refractivity contribution < 1.29 is 4.79 Å². The number of rotatable bonds is 5. The maximum absolute atomic E-state index is 11.0. The van der Waals surface area contributed by atoms with Crippen LogP contribution in [0, 0.1) is 0 Å². The maximum Gasteiger partial charge on any atom is 0.195 e. The minimum atomic E-state index is 0.687. The second-order valence-electron chi connectivity index (χ2n) is 3.18. The Kier molecular flexibility index (Phi) is 3.43. The van der Waals surface area contributed by atoms with Gasteiger partial charge in [-0.1, -0.05) is 13.3 Å². The fourth-order valence-corrected chi connectivity index (χ4v) is 3.16. The molecule has 0 aliphatic carbocycles. The van der Waals surface area contributed by atoms with E-state index in [1.54, 1.807) is 23.1 Å². The molecule has 0 fully saturated rings. The zero-order chi connectivity index (χ0) is 10.7. The van der Waals surface area contributed by atoms with Crippen molar-refractivity contribution >= 4 is 34.3 Å². The minimum Gasteiger partial charge on any atom is -0.296 e. The number of hydrogen-bond acceptors (Lipinski definition) is 4. The van der Waals surface area contributed by atoms with Crippen molar-refractivity contribution in [2.45, 2.75) is 24.8 Å². The summed E-state index contributed by atoms with van der Waals surface area (Å²) in [7, 11) is 0. The number of thioether (sulfide) groups is 1. The van der Waals surface area contributed by atoms with Gasteiger partial charge in [0, 0.05) is 11.6 Å². The van der Waals surface area contributed by atoms with Crippen LogP contribution in [0.2, 0.25) is 0 Å². The van der Waals surface area contributed by atoms with E-state index in [4.69, 9.17) is 0 Å². The third-order valence-electron chi connectivity index (χ3n) is 2.11. The van der Waals surface area contributed by atoms with E-state index in [-0.39, 0.29) is 0 Å². The van der Waals surface area contributed by atoms with Gasteiger partial charge in [0.05, 0.1) is 0 Å². The molecule has 80 valence electrons. The Labute approximate surface area is 96.5 Å². The summed E-state index contributed by atoms with van der Waals surface area (Å²) in [5.41, 5.74) is 0.687. The van der Waals surface area contributed by atoms with Crippen LogP contribution in [-0.4, -0.2) is 21.4 Å². The zero-order valence-corrected chi connectivity index (χ0v) is 10.1. The summed E-state index contributed by atoms with van der Waals surface area (Å²) in [5, 5.41) is 2.81. The lowest BCUT2D eigenvalue weighted by Crippen LogP contribution is -1.89. The number of aromatic nitrogens is 2. The van der Waals surface area contributed by atoms with Crippen molar-refractivity contribution in [3.8, 4) is 0 Å². The molecular formula is C10H12N2OS2. The average Bonchev–Trinajstić information content (AvgIpc) is 2.77. The molecule has 0 atom stereocenters. The zero-order valence-electron chi connectivity index (χ0n) is 8.47. The Balaban J connectivity index is 2.25. The minimum absolute atomic E-state index is 0.687. The quantitative estimate of drug-likeness (QED) is 0.457. The van der Waals surface area contributed by atoms with Gasteiger partial charge in [-0.2, -0.15) is 0 Å². The Hall–Kier alpha value is -0.810. The number of carbonyl (C=O) groups is 1. The molecule has 2 aromatic rings. The maximum atomic E-state index is 11.0. The van der Waals surface area contributed by atoms with Gasteiger partial charge in [0.2, 0.25) is 0 Å². The van der Waals surface area contributed by atoms with E-state index in [1.165, 1.54) is 6.42 Å². The molecule has 0 N–H and O–H groups in total. The van der Waals surface area contributed by atoms with Crippen LogP contribution in [0.4, 0.5) is 0 Å². The monoisotopic (exact) mass is 240 g/mol. The smallest absolute Gasteiger partial charge is 0.195 e. The summed E-state index contributed by atoms with van der Waals surface area (Å²) in [4.78, 5) is 16.3. The molecule has 0 aromatic carbocycles. The van der Waals surface area contributed by atoms with E-state index in [1.807, 2.05) is 16.0 Å². The Morgan fingerprint density at radius 3 is 3.27 bits per heavy atom. The summed E-state index contributed by atoms with van der Waals surface area (Å²) in [6.45, 7) is 2.16. The first-order chi connectivity index (χ1) is 7.36. The first kappa shape index (κ1) is 10.7. The third-order valence-corrected chi connectivity index (χ3v) is 3.94. The van der Waals surface area contributed by atoms with Gasteiger partial charge in [-0.05, 0) is 12.2 Å². The lowest BCUT2D eigenvalue weighted by Gasteiger charge is -1.96. The molecule has 0 unspecified atom stereocenters.